The predicted octanol–water partition coefficient (Wildman–Crippen LogP) is 2.69. The lowest BCUT2D eigenvalue weighted by molar-refractivity contribution is -0.141. The number of nitrogens with zero attached hydrogens (tertiary/aromatic N) is 1. The molecule has 0 bridgehead atoms. The summed E-state index contributed by atoms with van der Waals surface area (Å²) in [6, 6.07) is 5.40. The summed E-state index contributed by atoms with van der Waals surface area (Å²) in [4.78, 5) is 24.4. The second kappa shape index (κ2) is 6.35. The smallest absolute Gasteiger partial charge is 0.317 e. The van der Waals surface area contributed by atoms with Crippen molar-refractivity contribution in [2.75, 3.05) is 13.6 Å². The number of carbonyl (C=O) groups excluding carboxylic acids is 1. The van der Waals surface area contributed by atoms with E-state index in [4.69, 9.17) is 16.7 Å². The minimum Gasteiger partial charge on any atom is -0.481 e. The third kappa shape index (κ3) is 3.67. The van der Waals surface area contributed by atoms with Crippen molar-refractivity contribution in [3.05, 3.63) is 34.3 Å². The topological polar surface area (TPSA) is 69.6 Å². The van der Waals surface area contributed by atoms with Gasteiger partial charge in [-0.25, -0.2) is 4.79 Å². The van der Waals surface area contributed by atoms with Crippen LogP contribution in [0.15, 0.2) is 18.2 Å². The number of aliphatic carboxylic acids is 1. The number of aryl methyl sites for hydroxylation is 1. The lowest BCUT2D eigenvalue weighted by atomic mass is 10.1. The van der Waals surface area contributed by atoms with Gasteiger partial charge in [0.1, 0.15) is 0 Å². The number of amides is 2. The molecule has 0 aromatic heterocycles. The van der Waals surface area contributed by atoms with Crippen LogP contribution in [-0.4, -0.2) is 35.6 Å². The number of rotatable bonds is 4. The molecule has 1 aromatic carbocycles. The molecule has 0 spiro atoms. The Bertz CT molecular complexity index is 562. The van der Waals surface area contributed by atoms with Crippen molar-refractivity contribution in [3.8, 4) is 0 Å². The first-order chi connectivity index (χ1) is 9.88. The van der Waals surface area contributed by atoms with Gasteiger partial charge >= 0.3 is 12.0 Å². The first-order valence-electron chi connectivity index (χ1n) is 6.91. The number of carboxylic acids is 1. The molecule has 6 heteroatoms. The number of hydrogen-bond donors (Lipinski definition) is 2. The van der Waals surface area contributed by atoms with E-state index < -0.39 is 11.9 Å². The number of fused-ring (bicyclic) bond motifs is 1. The van der Waals surface area contributed by atoms with Crippen LogP contribution in [-0.2, 0) is 11.2 Å². The average molecular weight is 311 g/mol. The molecule has 0 heterocycles. The molecule has 2 amide bonds. The van der Waals surface area contributed by atoms with Crippen LogP contribution >= 0.6 is 11.6 Å². The van der Waals surface area contributed by atoms with Gasteiger partial charge in [0.25, 0.3) is 0 Å². The fourth-order valence-corrected chi connectivity index (χ4v) is 2.76. The number of nitrogens with one attached hydrogen (secondary N) is 1. The molecule has 1 aliphatic carbocycles. The number of carboxylic acid groups (broad SMARTS) is 1. The van der Waals surface area contributed by atoms with E-state index in [1.165, 1.54) is 4.90 Å². The largest absolute Gasteiger partial charge is 0.481 e. The second-order valence-electron chi connectivity index (χ2n) is 5.50. The first kappa shape index (κ1) is 15.6. The lowest BCUT2D eigenvalue weighted by Crippen LogP contribution is -2.41. The number of benzene rings is 1. The Hall–Kier alpha value is -1.75. The molecular weight excluding hydrogens is 292 g/mol. The molecule has 1 aliphatic rings. The van der Waals surface area contributed by atoms with E-state index in [0.717, 1.165) is 24.0 Å². The highest BCUT2D eigenvalue weighted by atomic mass is 35.5. The summed E-state index contributed by atoms with van der Waals surface area (Å²) in [5.41, 5.74) is 2.25. The Labute approximate surface area is 128 Å². The van der Waals surface area contributed by atoms with E-state index >= 15 is 0 Å². The van der Waals surface area contributed by atoms with Gasteiger partial charge in [0.15, 0.2) is 0 Å². The monoisotopic (exact) mass is 310 g/mol. The van der Waals surface area contributed by atoms with Gasteiger partial charge in [0.05, 0.1) is 12.0 Å². The van der Waals surface area contributed by atoms with Gasteiger partial charge in [-0.05, 0) is 36.1 Å². The number of carbonyl (C=O) groups is 2. The SMILES string of the molecule is CC(CN(C)C(=O)NC1CCc2cc(Cl)ccc21)C(=O)O. The molecule has 5 nitrogen and oxygen atoms in total. The summed E-state index contributed by atoms with van der Waals surface area (Å²) in [6.45, 7) is 1.76. The van der Waals surface area contributed by atoms with Crippen molar-refractivity contribution < 1.29 is 14.7 Å². The van der Waals surface area contributed by atoms with Crippen molar-refractivity contribution >= 4 is 23.6 Å². The zero-order chi connectivity index (χ0) is 15.6. The van der Waals surface area contributed by atoms with Crippen LogP contribution in [0.5, 0.6) is 0 Å². The summed E-state index contributed by atoms with van der Waals surface area (Å²) in [5, 5.41) is 12.5. The van der Waals surface area contributed by atoms with Crippen LogP contribution < -0.4 is 5.32 Å². The van der Waals surface area contributed by atoms with Gasteiger partial charge in [0, 0.05) is 18.6 Å². The van der Waals surface area contributed by atoms with Crippen molar-refractivity contribution in [1.29, 1.82) is 0 Å². The van der Waals surface area contributed by atoms with E-state index in [1.54, 1.807) is 14.0 Å². The van der Waals surface area contributed by atoms with Gasteiger partial charge in [-0.15, -0.1) is 0 Å². The van der Waals surface area contributed by atoms with Crippen molar-refractivity contribution in [3.63, 3.8) is 0 Å². The minimum atomic E-state index is -0.907. The number of hydrogen-bond acceptors (Lipinski definition) is 2. The van der Waals surface area contributed by atoms with E-state index in [-0.39, 0.29) is 18.6 Å². The minimum absolute atomic E-state index is 0.0349. The van der Waals surface area contributed by atoms with Crippen molar-refractivity contribution in [2.45, 2.75) is 25.8 Å². The van der Waals surface area contributed by atoms with Crippen LogP contribution in [0.3, 0.4) is 0 Å². The van der Waals surface area contributed by atoms with Gasteiger partial charge in [0.2, 0.25) is 0 Å². The van der Waals surface area contributed by atoms with Gasteiger partial charge in [-0.1, -0.05) is 24.6 Å². The third-order valence-electron chi connectivity index (χ3n) is 3.80. The molecule has 0 saturated carbocycles. The molecule has 114 valence electrons. The van der Waals surface area contributed by atoms with Crippen LogP contribution in [0.1, 0.15) is 30.5 Å². The van der Waals surface area contributed by atoms with Crippen LogP contribution in [0, 0.1) is 5.92 Å². The number of halogens is 1. The zero-order valence-electron chi connectivity index (χ0n) is 12.1. The van der Waals surface area contributed by atoms with Crippen LogP contribution in [0.2, 0.25) is 5.02 Å². The number of urea groups is 1. The normalized spacial score (nSPS) is 18.0. The summed E-state index contributed by atoms with van der Waals surface area (Å²) in [5.74, 6) is -1.49. The molecule has 21 heavy (non-hydrogen) atoms. The molecule has 2 atom stereocenters. The van der Waals surface area contributed by atoms with Gasteiger partial charge in [-0.3, -0.25) is 4.79 Å². The predicted molar refractivity (Wildman–Crippen MR) is 80.5 cm³/mol. The molecular formula is C15H19ClN2O3. The van der Waals surface area contributed by atoms with E-state index in [2.05, 4.69) is 5.32 Å². The second-order valence-corrected chi connectivity index (χ2v) is 5.94. The van der Waals surface area contributed by atoms with Crippen LogP contribution in [0.25, 0.3) is 0 Å². The Kier molecular flexibility index (Phi) is 4.73. The maximum absolute atomic E-state index is 12.1. The van der Waals surface area contributed by atoms with Gasteiger partial charge < -0.3 is 15.3 Å². The van der Waals surface area contributed by atoms with Crippen molar-refractivity contribution in [1.82, 2.24) is 10.2 Å². The molecule has 2 N–H and O–H groups in total. The Morgan fingerprint density at radius 3 is 2.90 bits per heavy atom. The van der Waals surface area contributed by atoms with Gasteiger partial charge in [-0.2, -0.15) is 0 Å². The summed E-state index contributed by atoms with van der Waals surface area (Å²) in [6.07, 6.45) is 1.72. The highest BCUT2D eigenvalue weighted by Gasteiger charge is 2.26. The van der Waals surface area contributed by atoms with E-state index in [0.29, 0.717) is 5.02 Å². The maximum atomic E-state index is 12.1. The molecule has 0 saturated heterocycles. The fraction of sp³-hybridized carbons (Fsp3) is 0.467. The molecule has 0 radical (unpaired) electrons. The molecule has 0 fully saturated rings. The quantitative estimate of drug-likeness (QED) is 0.898. The lowest BCUT2D eigenvalue weighted by Gasteiger charge is -2.23. The Balaban J connectivity index is 1.97. The highest BCUT2D eigenvalue weighted by Crippen LogP contribution is 2.32. The Morgan fingerprint density at radius 2 is 2.24 bits per heavy atom. The zero-order valence-corrected chi connectivity index (χ0v) is 12.9. The maximum Gasteiger partial charge on any atom is 0.317 e. The van der Waals surface area contributed by atoms with Crippen molar-refractivity contribution in [2.24, 2.45) is 5.92 Å². The summed E-state index contributed by atoms with van der Waals surface area (Å²) < 4.78 is 0. The first-order valence-corrected chi connectivity index (χ1v) is 7.29. The molecule has 1 aromatic rings. The van der Waals surface area contributed by atoms with E-state index in [1.807, 2.05) is 18.2 Å². The van der Waals surface area contributed by atoms with E-state index in [9.17, 15) is 9.59 Å². The summed E-state index contributed by atoms with van der Waals surface area (Å²) >= 11 is 5.96. The highest BCUT2D eigenvalue weighted by molar-refractivity contribution is 6.30. The Morgan fingerprint density at radius 1 is 1.52 bits per heavy atom. The third-order valence-corrected chi connectivity index (χ3v) is 4.03. The molecule has 0 aliphatic heterocycles. The average Bonchev–Trinajstić information content (AvgIpc) is 2.80. The summed E-state index contributed by atoms with van der Waals surface area (Å²) in [7, 11) is 1.60. The standard InChI is InChI=1S/C15H19ClN2O3/c1-9(14(19)20)8-18(2)15(21)17-13-6-3-10-7-11(16)4-5-12(10)13/h4-5,7,9,13H,3,6,8H2,1-2H3,(H,17,21)(H,19,20). The van der Waals surface area contributed by atoms with Crippen LogP contribution in [0.4, 0.5) is 4.79 Å². The molecule has 2 unspecified atom stereocenters. The fourth-order valence-electron chi connectivity index (χ4n) is 2.57. The molecule has 2 rings (SSSR count).